The van der Waals surface area contributed by atoms with Crippen molar-refractivity contribution in [1.29, 1.82) is 0 Å². The fourth-order valence-electron chi connectivity index (χ4n) is 24.6. The lowest BCUT2D eigenvalue weighted by molar-refractivity contribution is -0.135. The minimum Gasteiger partial charge on any atom is -0.508 e. The number of benzene rings is 6. The molecule has 0 radical (unpaired) electrons. The monoisotopic (exact) mass is 2070 g/mol. The van der Waals surface area contributed by atoms with Crippen molar-refractivity contribution in [2.75, 3.05) is 0 Å². The molecule has 4 aliphatic heterocycles. The molecule has 12 atom stereocenters. The summed E-state index contributed by atoms with van der Waals surface area (Å²) >= 11 is 0. The number of carbonyl (C=O) groups is 3. The van der Waals surface area contributed by atoms with Gasteiger partial charge in [-0.25, -0.2) is 0 Å². The first-order valence-electron chi connectivity index (χ1n) is 57.0. The second kappa shape index (κ2) is 57.8. The maximum Gasteiger partial charge on any atom is 0.300 e. The van der Waals surface area contributed by atoms with Crippen molar-refractivity contribution >= 4 is 17.9 Å². The standard InChI is InChI=1S/6C21H30O2.3C2H4O2/c4*1-5-6-7-8-15-12-18(22)20-16-11-14(2)9-10-17(16)21(3,4)23-19(20)13-15;2*1-5-6-7-8-16-12-19(22)21(20(23)13-16)18-11-15(4)9-10-17(18)14(2)3;3*1-2(3)4/h3*11-13,16-17,22H,5-10H2,1-4H3;9,12-13,16-17,22H,5-8,10-11H2,1-4H3;2*11-13,17-18,22-23H,2,5-10H2,1,3-4H3;3*1H3,(H,3,4)/t4*16-,17-;2*17-,18?;;;/m111100.../s1. The zero-order chi connectivity index (χ0) is 111. The molecule has 0 fully saturated rings. The molecule has 6 aliphatic carbocycles. The average Bonchev–Trinajstić information content (AvgIpc) is 0.750. The van der Waals surface area contributed by atoms with E-state index in [2.05, 4.69) is 212 Å². The highest BCUT2D eigenvalue weighted by atomic mass is 16.5. The highest BCUT2D eigenvalue weighted by Gasteiger charge is 2.50. The van der Waals surface area contributed by atoms with E-state index in [1.165, 1.54) is 158 Å². The van der Waals surface area contributed by atoms with Crippen LogP contribution < -0.4 is 18.9 Å². The number of aromatic hydroxyl groups is 8. The van der Waals surface area contributed by atoms with E-state index in [-0.39, 0.29) is 86.8 Å². The number of aliphatic carboxylic acids is 3. The molecule has 0 saturated heterocycles. The van der Waals surface area contributed by atoms with Crippen LogP contribution in [0.15, 0.2) is 167 Å². The normalized spacial score (nSPS) is 22.4. The van der Waals surface area contributed by atoms with Gasteiger partial charge in [-0.1, -0.05) is 213 Å². The number of carboxylic acid groups (broad SMARTS) is 3. The van der Waals surface area contributed by atoms with Crippen molar-refractivity contribution in [2.45, 2.75) is 462 Å². The van der Waals surface area contributed by atoms with Crippen molar-refractivity contribution in [2.24, 2.45) is 35.5 Å². The topological polar surface area (TPSA) is 311 Å². The summed E-state index contributed by atoms with van der Waals surface area (Å²) in [5, 5.41) is 107. The summed E-state index contributed by atoms with van der Waals surface area (Å²) in [6.07, 6.45) is 54.1. The molecule has 18 nitrogen and oxygen atoms in total. The maximum atomic E-state index is 10.7. The lowest BCUT2D eigenvalue weighted by Gasteiger charge is -2.47. The molecular formula is C132H192O18. The van der Waals surface area contributed by atoms with E-state index >= 15 is 0 Å². The molecule has 10 aliphatic rings. The van der Waals surface area contributed by atoms with Gasteiger partial charge in [-0.05, 0) is 383 Å². The van der Waals surface area contributed by atoms with Crippen molar-refractivity contribution in [3.63, 3.8) is 0 Å². The number of hydrogen-bond donors (Lipinski definition) is 11. The number of unbranched alkanes of at least 4 members (excludes halogenated alkanes) is 12. The lowest BCUT2D eigenvalue weighted by Crippen LogP contribution is -2.45. The quantitative estimate of drug-likeness (QED) is 0.0161. The molecule has 0 spiro atoms. The molecule has 6 aromatic carbocycles. The van der Waals surface area contributed by atoms with Gasteiger partial charge in [-0.15, -0.1) is 0 Å². The Morgan fingerprint density at radius 3 is 0.720 bits per heavy atom. The summed E-state index contributed by atoms with van der Waals surface area (Å²) in [4.78, 5) is 27.0. The summed E-state index contributed by atoms with van der Waals surface area (Å²) < 4.78 is 25.5. The Kier molecular flexibility index (Phi) is 48.0. The Hall–Kier alpha value is -10.8. The number of aryl methyl sites for hydroxylation is 6. The van der Waals surface area contributed by atoms with Crippen molar-refractivity contribution < 1.29 is 89.5 Å². The zero-order valence-electron chi connectivity index (χ0n) is 96.5. The van der Waals surface area contributed by atoms with Gasteiger partial charge >= 0.3 is 0 Å². The Balaban J connectivity index is 0.000000214. The van der Waals surface area contributed by atoms with Crippen LogP contribution in [0.25, 0.3) is 0 Å². The fraction of sp³-hybridized carbons (Fsp3) is 0.583. The second-order valence-electron chi connectivity index (χ2n) is 47.1. The molecule has 16 rings (SSSR count). The third-order valence-corrected chi connectivity index (χ3v) is 32.4. The summed E-state index contributed by atoms with van der Waals surface area (Å²) in [7, 11) is 0. The predicted octanol–water partition coefficient (Wildman–Crippen LogP) is 34.9. The minimum atomic E-state index is -0.833. The third-order valence-electron chi connectivity index (χ3n) is 32.4. The van der Waals surface area contributed by atoms with Crippen molar-refractivity contribution in [3.05, 3.63) is 234 Å². The molecule has 4 heterocycles. The van der Waals surface area contributed by atoms with Crippen LogP contribution in [-0.2, 0) is 52.9 Å². The van der Waals surface area contributed by atoms with Gasteiger partial charge in [-0.2, -0.15) is 0 Å². The molecule has 0 saturated carbocycles. The maximum absolute atomic E-state index is 10.7. The predicted molar refractivity (Wildman–Crippen MR) is 615 cm³/mol. The molecule has 0 aromatic heterocycles. The number of phenolic OH excluding ortho intramolecular Hbond substituents is 8. The summed E-state index contributed by atoms with van der Waals surface area (Å²) in [5.41, 5.74) is 22.1. The largest absolute Gasteiger partial charge is 0.508 e. The van der Waals surface area contributed by atoms with Gasteiger partial charge in [0, 0.05) is 113 Å². The number of rotatable bonds is 28. The number of hydrogen-bond acceptors (Lipinski definition) is 15. The Morgan fingerprint density at radius 2 is 0.487 bits per heavy atom. The first-order chi connectivity index (χ1) is 70.7. The molecule has 0 amide bonds. The van der Waals surface area contributed by atoms with Crippen LogP contribution in [0, 0.1) is 35.5 Å². The number of allylic oxidation sites excluding steroid dienone is 14. The van der Waals surface area contributed by atoms with Crippen LogP contribution in [0.3, 0.4) is 0 Å². The molecule has 18 heteroatoms. The summed E-state index contributed by atoms with van der Waals surface area (Å²) in [6.45, 7) is 59.4. The highest BCUT2D eigenvalue weighted by Crippen LogP contribution is 2.60. The highest BCUT2D eigenvalue weighted by molar-refractivity contribution is 5.64. The lowest BCUT2D eigenvalue weighted by atomic mass is 9.67. The second-order valence-corrected chi connectivity index (χ2v) is 47.1. The summed E-state index contributed by atoms with van der Waals surface area (Å²) in [5.74, 6) is 7.28. The Labute approximate surface area is 902 Å². The molecule has 6 aromatic rings. The first-order valence-corrected chi connectivity index (χ1v) is 57.0. The first kappa shape index (κ1) is 124. The van der Waals surface area contributed by atoms with Crippen LogP contribution in [-0.4, -0.2) is 96.5 Å². The third kappa shape index (κ3) is 35.1. The Morgan fingerprint density at radius 1 is 0.287 bits per heavy atom. The van der Waals surface area contributed by atoms with Gasteiger partial charge in [0.05, 0.1) is 0 Å². The molecule has 150 heavy (non-hydrogen) atoms. The smallest absolute Gasteiger partial charge is 0.300 e. The zero-order valence-corrected chi connectivity index (χ0v) is 96.5. The number of carboxylic acids is 3. The van der Waals surface area contributed by atoms with E-state index in [4.69, 9.17) is 48.7 Å². The molecule has 2 unspecified atom stereocenters. The van der Waals surface area contributed by atoms with Gasteiger partial charge in [0.25, 0.3) is 17.9 Å². The Bertz CT molecular complexity index is 5230. The van der Waals surface area contributed by atoms with Gasteiger partial charge in [0.2, 0.25) is 0 Å². The minimum absolute atomic E-state index is 0.0194. The molecular weight excluding hydrogens is 1870 g/mol. The molecule has 828 valence electrons. The van der Waals surface area contributed by atoms with Crippen LogP contribution in [0.4, 0.5) is 0 Å². The van der Waals surface area contributed by atoms with Crippen molar-refractivity contribution in [3.8, 4) is 69.0 Å². The molecule has 0 bridgehead atoms. The van der Waals surface area contributed by atoms with E-state index in [0.29, 0.717) is 63.7 Å². The van der Waals surface area contributed by atoms with Gasteiger partial charge < -0.3 is 75.1 Å². The van der Waals surface area contributed by atoms with Crippen LogP contribution in [0.5, 0.6) is 69.0 Å². The van der Waals surface area contributed by atoms with E-state index in [1.54, 1.807) is 0 Å². The average molecular weight is 2070 g/mol. The van der Waals surface area contributed by atoms with Crippen LogP contribution >= 0.6 is 0 Å². The van der Waals surface area contributed by atoms with Crippen LogP contribution in [0.2, 0.25) is 0 Å². The van der Waals surface area contributed by atoms with E-state index in [1.807, 2.05) is 62.4 Å². The fourth-order valence-corrected chi connectivity index (χ4v) is 24.6. The number of ether oxygens (including phenoxy) is 4. The van der Waals surface area contributed by atoms with E-state index in [9.17, 15) is 40.9 Å². The van der Waals surface area contributed by atoms with Gasteiger partial charge in [-0.3, -0.25) is 14.4 Å². The van der Waals surface area contributed by atoms with E-state index < -0.39 is 17.9 Å². The van der Waals surface area contributed by atoms with Crippen molar-refractivity contribution in [1.82, 2.24) is 0 Å². The number of fused-ring (bicyclic) bond motifs is 12. The van der Waals surface area contributed by atoms with Gasteiger partial charge in [0.15, 0.2) is 0 Å². The SMILES string of the molecule is C=C(C)[C@@H]1CCC(C)=CC1c1c(O)cc(CCCCC)cc1O.C=C(C)[C@@H]1CCC(C)=CC1c1c(O)cc(CCCCC)cc1O.CC(=O)O.CC(=O)O.CC(=O)O.CCCCCc1cc(O)c2c(c1)OC(C)(C)[C@@H]1CC=C(C)C[C@@H]21.CCCCCc1cc(O)c2c(c1)OC(C)(C)[C@@H]1CCC(C)=C[C@@H]21.CCCCCc1cc(O)c2c(c1)OC(C)(C)[C@@H]1CCC(C)=C[C@@H]21.CCCCCc1cc(O)c2c(c1)OC(C)(C)[C@@H]1CCC(C)=C[C@@H]21. The summed E-state index contributed by atoms with van der Waals surface area (Å²) in [6, 6.07) is 23.9. The molecule has 11 N–H and O–H groups in total. The van der Waals surface area contributed by atoms with E-state index in [0.717, 1.165) is 217 Å². The number of phenols is 8. The van der Waals surface area contributed by atoms with Crippen LogP contribution in [0.1, 0.15) is 468 Å². The van der Waals surface area contributed by atoms with Gasteiger partial charge in [0.1, 0.15) is 91.4 Å².